The van der Waals surface area contributed by atoms with E-state index in [9.17, 15) is 9.59 Å². The van der Waals surface area contributed by atoms with Crippen molar-refractivity contribution in [3.05, 3.63) is 53.9 Å². The van der Waals surface area contributed by atoms with Crippen LogP contribution in [0.15, 0.2) is 42.6 Å². The quantitative estimate of drug-likeness (QED) is 0.833. The Balaban J connectivity index is 1.31. The second-order valence-electron chi connectivity index (χ2n) is 7.47. The number of nitrogens with one attached hydrogen (secondary N) is 2. The van der Waals surface area contributed by atoms with Crippen molar-refractivity contribution in [2.45, 2.75) is 56.7 Å². The third-order valence-electron chi connectivity index (χ3n) is 5.56. The molecule has 1 aromatic carbocycles. The number of hydrogen-bond acceptors (Lipinski definition) is 3. The molecule has 0 bridgehead atoms. The van der Waals surface area contributed by atoms with E-state index in [1.165, 1.54) is 0 Å². The van der Waals surface area contributed by atoms with Crippen molar-refractivity contribution in [3.63, 3.8) is 0 Å². The van der Waals surface area contributed by atoms with Crippen molar-refractivity contribution < 1.29 is 9.59 Å². The molecule has 2 aliphatic rings. The van der Waals surface area contributed by atoms with Crippen molar-refractivity contribution in [1.82, 2.24) is 20.4 Å². The summed E-state index contributed by atoms with van der Waals surface area (Å²) in [6.07, 6.45) is 4.26. The monoisotopic (exact) mass is 352 g/mol. The average molecular weight is 352 g/mol. The van der Waals surface area contributed by atoms with Crippen molar-refractivity contribution in [1.29, 1.82) is 0 Å². The predicted octanol–water partition coefficient (Wildman–Crippen LogP) is 1.86. The minimum atomic E-state index is -0.363. The zero-order valence-electron chi connectivity index (χ0n) is 15.1. The maximum atomic E-state index is 12.7. The van der Waals surface area contributed by atoms with E-state index in [0.717, 1.165) is 30.5 Å². The van der Waals surface area contributed by atoms with Crippen LogP contribution in [0.1, 0.15) is 43.5 Å². The van der Waals surface area contributed by atoms with Crippen LogP contribution in [0.3, 0.4) is 0 Å². The normalized spacial score (nSPS) is 23.8. The third-order valence-corrected chi connectivity index (χ3v) is 5.56. The van der Waals surface area contributed by atoms with Gasteiger partial charge in [0.25, 0.3) is 0 Å². The molecule has 0 radical (unpaired) electrons. The first-order valence-electron chi connectivity index (χ1n) is 9.18. The molecule has 2 fully saturated rings. The number of benzene rings is 1. The summed E-state index contributed by atoms with van der Waals surface area (Å²) in [5.74, 6) is 0.0177. The van der Waals surface area contributed by atoms with Gasteiger partial charge in [0.15, 0.2) is 0 Å². The lowest BCUT2D eigenvalue weighted by atomic mass is 9.95. The number of aromatic nitrogens is 2. The molecule has 1 unspecified atom stereocenters. The van der Waals surface area contributed by atoms with Crippen LogP contribution < -0.4 is 10.6 Å². The van der Waals surface area contributed by atoms with Crippen molar-refractivity contribution in [2.24, 2.45) is 0 Å². The topological polar surface area (TPSA) is 76.0 Å². The minimum Gasteiger partial charge on any atom is -0.350 e. The van der Waals surface area contributed by atoms with Crippen molar-refractivity contribution in [2.75, 3.05) is 0 Å². The summed E-state index contributed by atoms with van der Waals surface area (Å²) in [5.41, 5.74) is 1.67. The SMILES string of the molecule is Cc1ccnn1C(C)C(=O)N[C@@H]1C[C@H]1NC(=O)C1(c2ccccc2)CC1. The third kappa shape index (κ3) is 3.00. The second kappa shape index (κ2) is 6.27. The van der Waals surface area contributed by atoms with Gasteiger partial charge in [0, 0.05) is 11.9 Å². The Hall–Kier alpha value is -2.63. The number of carbonyl (C=O) groups excluding carboxylic acids is 2. The van der Waals surface area contributed by atoms with E-state index in [1.807, 2.05) is 50.2 Å². The molecule has 0 spiro atoms. The molecule has 6 nitrogen and oxygen atoms in total. The van der Waals surface area contributed by atoms with E-state index in [4.69, 9.17) is 0 Å². The van der Waals surface area contributed by atoms with Crippen LogP contribution in [0.2, 0.25) is 0 Å². The average Bonchev–Trinajstić information content (AvgIpc) is 3.55. The summed E-state index contributed by atoms with van der Waals surface area (Å²) >= 11 is 0. The summed E-state index contributed by atoms with van der Waals surface area (Å²) in [6, 6.07) is 11.5. The lowest BCUT2D eigenvalue weighted by Gasteiger charge is -2.17. The molecule has 2 saturated carbocycles. The van der Waals surface area contributed by atoms with E-state index >= 15 is 0 Å². The van der Waals surface area contributed by atoms with Crippen LogP contribution >= 0.6 is 0 Å². The number of carbonyl (C=O) groups is 2. The highest BCUT2D eigenvalue weighted by atomic mass is 16.2. The van der Waals surface area contributed by atoms with Gasteiger partial charge >= 0.3 is 0 Å². The fourth-order valence-corrected chi connectivity index (χ4v) is 3.55. The molecule has 0 aliphatic heterocycles. The highest BCUT2D eigenvalue weighted by Crippen LogP contribution is 2.48. The van der Waals surface area contributed by atoms with E-state index in [1.54, 1.807) is 10.9 Å². The number of rotatable bonds is 6. The first kappa shape index (κ1) is 16.8. The van der Waals surface area contributed by atoms with Gasteiger partial charge < -0.3 is 10.6 Å². The lowest BCUT2D eigenvalue weighted by molar-refractivity contribution is -0.125. The first-order valence-corrected chi connectivity index (χ1v) is 9.18. The Kier molecular flexibility index (Phi) is 4.05. The molecule has 6 heteroatoms. The van der Waals surface area contributed by atoms with Crippen LogP contribution in [-0.2, 0) is 15.0 Å². The predicted molar refractivity (Wildman–Crippen MR) is 97.5 cm³/mol. The summed E-state index contributed by atoms with van der Waals surface area (Å²) in [4.78, 5) is 25.2. The van der Waals surface area contributed by atoms with Gasteiger partial charge in [-0.15, -0.1) is 0 Å². The van der Waals surface area contributed by atoms with Gasteiger partial charge in [-0.3, -0.25) is 14.3 Å². The van der Waals surface area contributed by atoms with Crippen LogP contribution in [0.25, 0.3) is 0 Å². The molecule has 2 aromatic rings. The van der Waals surface area contributed by atoms with Crippen molar-refractivity contribution >= 4 is 11.8 Å². The molecule has 26 heavy (non-hydrogen) atoms. The van der Waals surface area contributed by atoms with Gasteiger partial charge in [0.1, 0.15) is 6.04 Å². The highest BCUT2D eigenvalue weighted by molar-refractivity contribution is 5.92. The maximum Gasteiger partial charge on any atom is 0.244 e. The largest absolute Gasteiger partial charge is 0.350 e. The molecular weight excluding hydrogens is 328 g/mol. The second-order valence-corrected chi connectivity index (χ2v) is 7.47. The fraction of sp³-hybridized carbons (Fsp3) is 0.450. The Labute approximate surface area is 153 Å². The van der Waals surface area contributed by atoms with Gasteiger partial charge in [-0.25, -0.2) is 0 Å². The summed E-state index contributed by atoms with van der Waals surface area (Å²) < 4.78 is 1.71. The molecule has 0 saturated heterocycles. The van der Waals surface area contributed by atoms with Gasteiger partial charge in [-0.05, 0) is 44.7 Å². The Morgan fingerprint density at radius 1 is 1.15 bits per heavy atom. The standard InChI is InChI=1S/C20H24N4O2/c1-13-8-11-21-24(13)14(2)18(25)22-16-12-17(16)23-19(26)20(9-10-20)15-6-4-3-5-7-15/h3-8,11,14,16-17H,9-10,12H2,1-2H3,(H,22,25)(H,23,26)/t14?,16-,17-/m1/s1. The van der Waals surface area contributed by atoms with Gasteiger partial charge in [-0.1, -0.05) is 30.3 Å². The van der Waals surface area contributed by atoms with Crippen molar-refractivity contribution in [3.8, 4) is 0 Å². The molecule has 1 aromatic heterocycles. The van der Waals surface area contributed by atoms with Gasteiger partial charge in [0.05, 0.1) is 17.5 Å². The molecule has 2 N–H and O–H groups in total. The zero-order chi connectivity index (χ0) is 18.3. The summed E-state index contributed by atoms with van der Waals surface area (Å²) in [5, 5.41) is 10.3. The molecule has 2 aliphatic carbocycles. The van der Waals surface area contributed by atoms with Crippen LogP contribution in [-0.4, -0.2) is 33.7 Å². The van der Waals surface area contributed by atoms with E-state index in [2.05, 4.69) is 15.7 Å². The fourth-order valence-electron chi connectivity index (χ4n) is 3.55. The lowest BCUT2D eigenvalue weighted by Crippen LogP contribution is -2.41. The molecule has 2 amide bonds. The number of aryl methyl sites for hydroxylation is 1. The Morgan fingerprint density at radius 2 is 1.85 bits per heavy atom. The van der Waals surface area contributed by atoms with Crippen LogP contribution in [0.4, 0.5) is 0 Å². The molecule has 3 atom stereocenters. The van der Waals surface area contributed by atoms with E-state index < -0.39 is 0 Å². The summed E-state index contributed by atoms with van der Waals surface area (Å²) in [6.45, 7) is 3.76. The number of amides is 2. The molecular formula is C20H24N4O2. The first-order chi connectivity index (χ1) is 12.5. The molecule has 4 rings (SSSR count). The maximum absolute atomic E-state index is 12.7. The number of nitrogens with zero attached hydrogens (tertiary/aromatic N) is 2. The van der Waals surface area contributed by atoms with Gasteiger partial charge in [-0.2, -0.15) is 5.10 Å². The van der Waals surface area contributed by atoms with Crippen LogP contribution in [0.5, 0.6) is 0 Å². The smallest absolute Gasteiger partial charge is 0.244 e. The minimum absolute atomic E-state index is 0.0105. The summed E-state index contributed by atoms with van der Waals surface area (Å²) in [7, 11) is 0. The highest BCUT2D eigenvalue weighted by Gasteiger charge is 2.53. The Bertz CT molecular complexity index is 825. The van der Waals surface area contributed by atoms with E-state index in [-0.39, 0.29) is 35.4 Å². The van der Waals surface area contributed by atoms with Gasteiger partial charge in [0.2, 0.25) is 11.8 Å². The molecule has 136 valence electrons. The Morgan fingerprint density at radius 3 is 2.46 bits per heavy atom. The zero-order valence-corrected chi connectivity index (χ0v) is 15.1. The van der Waals surface area contributed by atoms with E-state index in [0.29, 0.717) is 0 Å². The van der Waals surface area contributed by atoms with Crippen LogP contribution in [0, 0.1) is 6.92 Å². The molecule has 1 heterocycles. The number of hydrogen-bond donors (Lipinski definition) is 2.